The van der Waals surface area contributed by atoms with Gasteiger partial charge < -0.3 is 20.1 Å². The normalized spacial score (nSPS) is 23.0. The second-order valence-electron chi connectivity index (χ2n) is 8.01. The van der Waals surface area contributed by atoms with E-state index in [1.807, 2.05) is 30.3 Å². The van der Waals surface area contributed by atoms with Crippen molar-refractivity contribution in [2.24, 2.45) is 11.8 Å². The van der Waals surface area contributed by atoms with E-state index in [2.05, 4.69) is 14.9 Å². The van der Waals surface area contributed by atoms with E-state index in [4.69, 9.17) is 38.4 Å². The van der Waals surface area contributed by atoms with Crippen molar-refractivity contribution in [2.75, 3.05) is 30.8 Å². The molecule has 1 aromatic heterocycles. The van der Waals surface area contributed by atoms with Crippen LogP contribution >= 0.6 is 23.2 Å². The Labute approximate surface area is 184 Å². The van der Waals surface area contributed by atoms with E-state index in [0.29, 0.717) is 39.2 Å². The molecule has 0 spiro atoms. The topological polar surface area (TPSA) is 73.5 Å². The minimum absolute atomic E-state index is 0.154. The molecular weight excluding hydrogens is 423 g/mol. The Balaban J connectivity index is 1.30. The maximum absolute atomic E-state index is 6.37. The van der Waals surface area contributed by atoms with Gasteiger partial charge in [-0.15, -0.1) is 0 Å². The molecule has 1 saturated heterocycles. The Morgan fingerprint density at radius 1 is 1.00 bits per heavy atom. The van der Waals surface area contributed by atoms with Gasteiger partial charge in [0, 0.05) is 30.2 Å². The first-order chi connectivity index (χ1) is 14.5. The lowest BCUT2D eigenvalue weighted by atomic mass is 10.0. The first-order valence-corrected chi connectivity index (χ1v) is 10.7. The van der Waals surface area contributed by atoms with Crippen molar-refractivity contribution >= 4 is 45.6 Å². The molecule has 0 amide bonds. The van der Waals surface area contributed by atoms with Crippen LogP contribution in [-0.2, 0) is 0 Å². The number of hydrogen-bond donors (Lipinski definition) is 1. The smallest absolute Gasteiger partial charge is 0.163 e. The highest BCUT2D eigenvalue weighted by atomic mass is 35.5. The van der Waals surface area contributed by atoms with Gasteiger partial charge >= 0.3 is 0 Å². The number of anilines is 2. The lowest BCUT2D eigenvalue weighted by Crippen LogP contribution is -2.24. The average molecular weight is 445 g/mol. The second kappa shape index (κ2) is 7.67. The Morgan fingerprint density at radius 2 is 1.77 bits per heavy atom. The molecule has 8 heteroatoms. The molecule has 2 aromatic carbocycles. The zero-order valence-electron chi connectivity index (χ0n) is 16.5. The zero-order valence-corrected chi connectivity index (χ0v) is 18.0. The molecule has 0 radical (unpaired) electrons. The molecule has 2 fully saturated rings. The van der Waals surface area contributed by atoms with E-state index >= 15 is 0 Å². The van der Waals surface area contributed by atoms with Crippen LogP contribution in [0.25, 0.3) is 10.9 Å². The highest BCUT2D eigenvalue weighted by Crippen LogP contribution is 2.43. The third-order valence-corrected chi connectivity index (χ3v) is 6.96. The van der Waals surface area contributed by atoms with Crippen molar-refractivity contribution in [3.63, 3.8) is 0 Å². The van der Waals surface area contributed by atoms with Gasteiger partial charge in [0.15, 0.2) is 11.5 Å². The lowest BCUT2D eigenvalue weighted by Gasteiger charge is -2.22. The predicted octanol–water partition coefficient (Wildman–Crippen LogP) is 4.82. The maximum Gasteiger partial charge on any atom is 0.163 e. The number of nitrogens with zero attached hydrogens (tertiary/aromatic N) is 3. The Morgan fingerprint density at radius 3 is 2.47 bits per heavy atom. The highest BCUT2D eigenvalue weighted by Gasteiger charge is 2.42. The summed E-state index contributed by atoms with van der Waals surface area (Å²) >= 11 is 12.3. The van der Waals surface area contributed by atoms with Gasteiger partial charge in [-0.25, -0.2) is 9.97 Å². The van der Waals surface area contributed by atoms with Crippen molar-refractivity contribution < 1.29 is 9.47 Å². The molecule has 2 heterocycles. The van der Waals surface area contributed by atoms with Gasteiger partial charge in [0.25, 0.3) is 0 Å². The van der Waals surface area contributed by atoms with Crippen LogP contribution in [0.5, 0.6) is 11.5 Å². The Bertz CT molecular complexity index is 1100. The van der Waals surface area contributed by atoms with Crippen LogP contribution in [0.1, 0.15) is 12.8 Å². The van der Waals surface area contributed by atoms with Crippen molar-refractivity contribution in [3.05, 3.63) is 46.7 Å². The fourth-order valence-electron chi connectivity index (χ4n) is 4.75. The molecule has 3 aromatic rings. The van der Waals surface area contributed by atoms with Crippen molar-refractivity contribution in [1.82, 2.24) is 9.97 Å². The van der Waals surface area contributed by atoms with Crippen LogP contribution in [0.4, 0.5) is 11.5 Å². The summed E-state index contributed by atoms with van der Waals surface area (Å²) < 4.78 is 11.9. The Hall–Kier alpha value is -2.44. The van der Waals surface area contributed by atoms with Gasteiger partial charge in [-0.05, 0) is 48.9 Å². The minimum Gasteiger partial charge on any atom is -0.493 e. The van der Waals surface area contributed by atoms with Gasteiger partial charge in [-0.3, -0.25) is 0 Å². The van der Waals surface area contributed by atoms with Gasteiger partial charge in [0.05, 0.1) is 28.8 Å². The molecular formula is C22H22Cl2N4O2. The van der Waals surface area contributed by atoms with Gasteiger partial charge in [-0.2, -0.15) is 0 Å². The largest absolute Gasteiger partial charge is 0.493 e. The van der Waals surface area contributed by atoms with Crippen LogP contribution in [0.2, 0.25) is 10.0 Å². The summed E-state index contributed by atoms with van der Waals surface area (Å²) in [4.78, 5) is 10.8. The lowest BCUT2D eigenvalue weighted by molar-refractivity contribution is 0.192. The molecule has 5 rings (SSSR count). The summed E-state index contributed by atoms with van der Waals surface area (Å²) in [6, 6.07) is 9.59. The number of rotatable bonds is 4. The molecule has 2 unspecified atom stereocenters. The molecule has 1 aliphatic heterocycles. The molecule has 156 valence electrons. The van der Waals surface area contributed by atoms with Gasteiger partial charge in [0.1, 0.15) is 12.1 Å². The summed E-state index contributed by atoms with van der Waals surface area (Å²) in [5.41, 5.74) is 7.85. The number of hydrogen-bond acceptors (Lipinski definition) is 6. The standard InChI is InChI=1S/C22H22Cl2N4O2/c1-29-20-7-16-19(26-11-27-22(16)25)8-21(20)30-15-4-12-9-28(10-13(12)5-15)14-2-3-17(23)18(24)6-14/h2-3,6-8,11-13,15H,4-5,9-10H2,1H3,(H2,25,26,27). The molecule has 2 N–H and O–H groups in total. The SMILES string of the molecule is COc1cc2c(N)ncnc2cc1OC1CC2CN(c3ccc(Cl)c(Cl)c3)CC2C1. The van der Waals surface area contributed by atoms with E-state index in [-0.39, 0.29) is 6.10 Å². The second-order valence-corrected chi connectivity index (χ2v) is 8.83. The van der Waals surface area contributed by atoms with Crippen molar-refractivity contribution in [1.29, 1.82) is 0 Å². The van der Waals surface area contributed by atoms with E-state index in [1.165, 1.54) is 6.33 Å². The number of nitrogen functional groups attached to an aromatic ring is 1. The summed E-state index contributed by atoms with van der Waals surface area (Å²) in [7, 11) is 1.63. The molecule has 2 atom stereocenters. The number of nitrogens with two attached hydrogens (primary N) is 1. The average Bonchev–Trinajstić information content (AvgIpc) is 3.28. The molecule has 6 nitrogen and oxygen atoms in total. The Kier molecular flexibility index (Phi) is 4.99. The predicted molar refractivity (Wildman–Crippen MR) is 120 cm³/mol. The third kappa shape index (κ3) is 3.48. The highest BCUT2D eigenvalue weighted by molar-refractivity contribution is 6.42. The van der Waals surface area contributed by atoms with Crippen LogP contribution in [0.15, 0.2) is 36.7 Å². The summed E-state index contributed by atoms with van der Waals surface area (Å²) in [6.45, 7) is 2.00. The number of ether oxygens (including phenoxy) is 2. The molecule has 0 bridgehead atoms. The van der Waals surface area contributed by atoms with Gasteiger partial charge in [0.2, 0.25) is 0 Å². The number of aromatic nitrogens is 2. The van der Waals surface area contributed by atoms with Crippen LogP contribution in [0.3, 0.4) is 0 Å². The molecule has 30 heavy (non-hydrogen) atoms. The maximum atomic E-state index is 6.37. The number of fused-ring (bicyclic) bond motifs is 2. The quantitative estimate of drug-likeness (QED) is 0.621. The summed E-state index contributed by atoms with van der Waals surface area (Å²) in [6.07, 6.45) is 3.64. The molecule has 1 saturated carbocycles. The summed E-state index contributed by atoms with van der Waals surface area (Å²) in [5, 5.41) is 1.95. The van der Waals surface area contributed by atoms with E-state index < -0.39 is 0 Å². The van der Waals surface area contributed by atoms with Crippen molar-refractivity contribution in [2.45, 2.75) is 18.9 Å². The van der Waals surface area contributed by atoms with Crippen LogP contribution in [0, 0.1) is 11.8 Å². The summed E-state index contributed by atoms with van der Waals surface area (Å²) in [5.74, 6) is 2.97. The number of benzene rings is 2. The number of methoxy groups -OCH3 is 1. The van der Waals surface area contributed by atoms with E-state index in [1.54, 1.807) is 7.11 Å². The fraction of sp³-hybridized carbons (Fsp3) is 0.364. The van der Waals surface area contributed by atoms with E-state index in [0.717, 1.165) is 42.5 Å². The van der Waals surface area contributed by atoms with Crippen LogP contribution in [-0.4, -0.2) is 36.3 Å². The van der Waals surface area contributed by atoms with Crippen LogP contribution < -0.4 is 20.1 Å². The van der Waals surface area contributed by atoms with Crippen molar-refractivity contribution in [3.8, 4) is 11.5 Å². The molecule has 1 aliphatic carbocycles. The van der Waals surface area contributed by atoms with E-state index in [9.17, 15) is 0 Å². The first-order valence-electron chi connectivity index (χ1n) is 9.96. The zero-order chi connectivity index (χ0) is 20.8. The molecule has 2 aliphatic rings. The number of halogens is 2. The minimum atomic E-state index is 0.154. The first kappa shape index (κ1) is 19.5. The third-order valence-electron chi connectivity index (χ3n) is 6.22. The van der Waals surface area contributed by atoms with Gasteiger partial charge in [-0.1, -0.05) is 23.2 Å². The monoisotopic (exact) mass is 444 g/mol. The fourth-order valence-corrected chi connectivity index (χ4v) is 5.04.